The van der Waals surface area contributed by atoms with Gasteiger partial charge in [-0.25, -0.2) is 0 Å². The topological polar surface area (TPSA) is 3.24 Å². The van der Waals surface area contributed by atoms with Crippen molar-refractivity contribution in [2.75, 3.05) is 4.90 Å². The minimum absolute atomic E-state index is 0.669. The average Bonchev–Trinajstić information content (AvgIpc) is 3.20. The Morgan fingerprint density at radius 2 is 0.735 bits per heavy atom. The number of anilines is 3. The molecule has 0 unspecified atom stereocenters. The molecule has 0 amide bonds. The van der Waals surface area contributed by atoms with E-state index < -0.39 is 0 Å². The molecule has 0 aliphatic heterocycles. The lowest BCUT2D eigenvalue weighted by molar-refractivity contribution is 0.342. The van der Waals surface area contributed by atoms with Crippen LogP contribution in [0.25, 0.3) is 33.4 Å². The summed E-state index contributed by atoms with van der Waals surface area (Å²) in [5, 5.41) is 0. The van der Waals surface area contributed by atoms with Crippen LogP contribution in [0.15, 0.2) is 140 Å². The summed E-state index contributed by atoms with van der Waals surface area (Å²) >= 11 is 0. The molecule has 0 aromatic heterocycles. The quantitative estimate of drug-likeness (QED) is 0.176. The standard InChI is InChI=1S/C48H43N/c1-3-8-32(9-4-1)34-14-16-35(17-15-34)36-26-28-42(29-27-36)49(43-13-7-12-41(30-43)33-10-5-2-6-11-33)48-46-39-22-18-37(19-23-39)44(46)31-45-38-20-24-40(25-21-38)47(45)48/h1-17,26-31,37-40H,18-25H2. The second-order valence-electron chi connectivity index (χ2n) is 15.1. The van der Waals surface area contributed by atoms with Gasteiger partial charge in [0.05, 0.1) is 5.69 Å². The minimum atomic E-state index is 0.669. The molecule has 240 valence electrons. The van der Waals surface area contributed by atoms with Crippen LogP contribution >= 0.6 is 0 Å². The molecule has 0 atom stereocenters. The van der Waals surface area contributed by atoms with Gasteiger partial charge in [-0.15, -0.1) is 0 Å². The third-order valence-corrected chi connectivity index (χ3v) is 12.5. The molecule has 4 bridgehead atoms. The fourth-order valence-corrected chi connectivity index (χ4v) is 10.1. The van der Waals surface area contributed by atoms with Crippen molar-refractivity contribution in [1.29, 1.82) is 0 Å². The summed E-state index contributed by atoms with van der Waals surface area (Å²) < 4.78 is 0. The highest BCUT2D eigenvalue weighted by atomic mass is 15.1. The van der Waals surface area contributed by atoms with Crippen molar-refractivity contribution in [3.05, 3.63) is 162 Å². The molecule has 2 fully saturated rings. The number of fused-ring (bicyclic) bond motifs is 4. The van der Waals surface area contributed by atoms with E-state index in [1.165, 1.54) is 96.1 Å². The molecule has 49 heavy (non-hydrogen) atoms. The van der Waals surface area contributed by atoms with E-state index in [0.717, 1.165) is 11.8 Å². The highest BCUT2D eigenvalue weighted by molar-refractivity contribution is 5.86. The fraction of sp³-hybridized carbons (Fsp3) is 0.250. The van der Waals surface area contributed by atoms with E-state index in [0.29, 0.717) is 11.8 Å². The Kier molecular flexibility index (Phi) is 7.07. The van der Waals surface area contributed by atoms with E-state index >= 15 is 0 Å². The van der Waals surface area contributed by atoms with Gasteiger partial charge in [0.25, 0.3) is 0 Å². The lowest BCUT2D eigenvalue weighted by Gasteiger charge is -2.48. The van der Waals surface area contributed by atoms with Crippen molar-refractivity contribution in [2.45, 2.75) is 75.0 Å². The molecular weight excluding hydrogens is 591 g/mol. The van der Waals surface area contributed by atoms with Crippen LogP contribution in [0.2, 0.25) is 0 Å². The zero-order chi connectivity index (χ0) is 32.3. The first-order valence-electron chi connectivity index (χ1n) is 18.7. The van der Waals surface area contributed by atoms with Crippen LogP contribution in [0.5, 0.6) is 0 Å². The van der Waals surface area contributed by atoms with E-state index in [1.807, 2.05) is 0 Å². The number of benzene rings is 6. The van der Waals surface area contributed by atoms with Crippen molar-refractivity contribution in [1.82, 2.24) is 0 Å². The van der Waals surface area contributed by atoms with Crippen molar-refractivity contribution >= 4 is 17.1 Å². The van der Waals surface area contributed by atoms with Crippen molar-refractivity contribution < 1.29 is 0 Å². The van der Waals surface area contributed by atoms with Gasteiger partial charge in [0.2, 0.25) is 0 Å². The van der Waals surface area contributed by atoms with E-state index in [2.05, 4.69) is 144 Å². The summed E-state index contributed by atoms with van der Waals surface area (Å²) in [7, 11) is 0. The SMILES string of the molecule is c1ccc(-c2ccc(-c3ccc(N(c4cccc(-c5ccccc5)c4)c4c5c(cc6c4C4CCC6CC4)C4CCC5CC4)cc3)cc2)cc1. The summed E-state index contributed by atoms with van der Waals surface area (Å²) in [4.78, 5) is 2.70. The molecule has 1 heteroatoms. The smallest absolute Gasteiger partial charge is 0.0536 e. The van der Waals surface area contributed by atoms with Crippen LogP contribution in [0.4, 0.5) is 17.1 Å². The molecule has 6 aliphatic rings. The lowest BCUT2D eigenvalue weighted by Crippen LogP contribution is -2.31. The highest BCUT2D eigenvalue weighted by Crippen LogP contribution is 2.61. The molecule has 6 aromatic carbocycles. The number of hydrogen-bond acceptors (Lipinski definition) is 1. The third kappa shape index (κ3) is 4.97. The average molecular weight is 634 g/mol. The van der Waals surface area contributed by atoms with Crippen LogP contribution in [-0.4, -0.2) is 0 Å². The summed E-state index contributed by atoms with van der Waals surface area (Å²) in [5.74, 6) is 2.79. The molecule has 6 aromatic rings. The maximum absolute atomic E-state index is 2.74. The number of rotatable bonds is 6. The second-order valence-corrected chi connectivity index (χ2v) is 15.1. The molecule has 0 heterocycles. The van der Waals surface area contributed by atoms with Crippen LogP contribution < -0.4 is 4.90 Å². The zero-order valence-electron chi connectivity index (χ0n) is 28.2. The Labute approximate surface area is 291 Å². The van der Waals surface area contributed by atoms with Crippen LogP contribution in [0.1, 0.15) is 97.3 Å². The maximum Gasteiger partial charge on any atom is 0.0536 e. The highest BCUT2D eigenvalue weighted by Gasteiger charge is 2.43. The predicted molar refractivity (Wildman–Crippen MR) is 205 cm³/mol. The van der Waals surface area contributed by atoms with Gasteiger partial charge in [0.15, 0.2) is 0 Å². The first kappa shape index (κ1) is 29.1. The van der Waals surface area contributed by atoms with E-state index in [-0.39, 0.29) is 0 Å². The Hall–Kier alpha value is -4.88. The largest absolute Gasteiger partial charge is 0.310 e. The molecule has 0 saturated heterocycles. The third-order valence-electron chi connectivity index (χ3n) is 12.5. The van der Waals surface area contributed by atoms with Crippen molar-refractivity contribution in [2.24, 2.45) is 0 Å². The molecule has 0 N–H and O–H groups in total. The Morgan fingerprint density at radius 1 is 0.327 bits per heavy atom. The summed E-state index contributed by atoms with van der Waals surface area (Å²) in [6.07, 6.45) is 10.8. The van der Waals surface area contributed by atoms with Crippen molar-refractivity contribution in [3.8, 4) is 33.4 Å². The first-order valence-corrected chi connectivity index (χ1v) is 18.7. The van der Waals surface area contributed by atoms with Gasteiger partial charge >= 0.3 is 0 Å². The lowest BCUT2D eigenvalue weighted by atomic mass is 9.60. The van der Waals surface area contributed by atoms with Gasteiger partial charge < -0.3 is 4.90 Å². The summed E-state index contributed by atoms with van der Waals surface area (Å²) in [6.45, 7) is 0. The Balaban J connectivity index is 1.14. The van der Waals surface area contributed by atoms with E-state index in [9.17, 15) is 0 Å². The van der Waals surface area contributed by atoms with E-state index in [1.54, 1.807) is 27.9 Å². The molecule has 6 aliphatic carbocycles. The minimum Gasteiger partial charge on any atom is -0.310 e. The Bertz CT molecular complexity index is 2070. The Morgan fingerprint density at radius 3 is 1.24 bits per heavy atom. The number of hydrogen-bond donors (Lipinski definition) is 0. The van der Waals surface area contributed by atoms with Gasteiger partial charge in [0.1, 0.15) is 0 Å². The van der Waals surface area contributed by atoms with Gasteiger partial charge in [0, 0.05) is 11.4 Å². The predicted octanol–water partition coefficient (Wildman–Crippen LogP) is 13.7. The molecule has 2 saturated carbocycles. The molecule has 0 radical (unpaired) electrons. The van der Waals surface area contributed by atoms with Crippen LogP contribution in [0.3, 0.4) is 0 Å². The summed E-state index contributed by atoms with van der Waals surface area (Å²) in [6, 6.07) is 52.2. The first-order chi connectivity index (χ1) is 24.3. The van der Waals surface area contributed by atoms with Gasteiger partial charge in [-0.1, -0.05) is 115 Å². The second kappa shape index (κ2) is 11.9. The normalized spacial score (nSPS) is 21.6. The van der Waals surface area contributed by atoms with E-state index in [4.69, 9.17) is 0 Å². The van der Waals surface area contributed by atoms with Crippen LogP contribution in [-0.2, 0) is 0 Å². The van der Waals surface area contributed by atoms with Crippen molar-refractivity contribution in [3.63, 3.8) is 0 Å². The van der Waals surface area contributed by atoms with Gasteiger partial charge in [-0.3, -0.25) is 0 Å². The van der Waals surface area contributed by atoms with Gasteiger partial charge in [-0.2, -0.15) is 0 Å². The zero-order valence-corrected chi connectivity index (χ0v) is 28.2. The monoisotopic (exact) mass is 633 g/mol. The maximum atomic E-state index is 2.74. The molecule has 0 spiro atoms. The molecular formula is C48H43N. The number of nitrogens with zero attached hydrogens (tertiary/aromatic N) is 1. The summed E-state index contributed by atoms with van der Waals surface area (Å²) in [5.41, 5.74) is 18.5. The van der Waals surface area contributed by atoms with Gasteiger partial charge in [-0.05, 0) is 155 Å². The molecule has 1 nitrogen and oxygen atoms in total. The van der Waals surface area contributed by atoms with Crippen LogP contribution in [0, 0.1) is 0 Å². The fourth-order valence-electron chi connectivity index (χ4n) is 10.1. The molecule has 12 rings (SSSR count).